The van der Waals surface area contributed by atoms with Gasteiger partial charge in [0.15, 0.2) is 0 Å². The van der Waals surface area contributed by atoms with Gasteiger partial charge in [-0.3, -0.25) is 4.79 Å². The number of hydrogen-bond donors (Lipinski definition) is 2. The lowest BCUT2D eigenvalue weighted by molar-refractivity contribution is -0.138. The van der Waals surface area contributed by atoms with E-state index >= 15 is 0 Å². The molecule has 0 radical (unpaired) electrons. The van der Waals surface area contributed by atoms with Gasteiger partial charge in [-0.1, -0.05) is 76.6 Å². The number of nitrogens with zero attached hydrogens (tertiary/aromatic N) is 2. The molecule has 1 aromatic rings. The molecule has 1 heterocycles. The standard InChI is InChI=1S/C23H23F2N3.C8H16O2/c1-5-7-8-9-10-18(4)19(14-24)11-12-20(15-25)23-27-21(6-2)22(28-23)13-17(3)16-26;1-3-4-5-7(2)6-8(9)10/h5-7,9-15H,2,4,8H2,1,3H3,(H,27,28);7H,3-6H2,1-2H3,(H,9,10)/b7-5-,10-9?,12-11-,17-13+,19-14-,20-15-;. The van der Waals surface area contributed by atoms with Crippen molar-refractivity contribution in [2.75, 3.05) is 0 Å². The first-order chi connectivity index (χ1) is 18.2. The third kappa shape index (κ3) is 13.9. The normalized spacial score (nSPS) is 13.4. The van der Waals surface area contributed by atoms with Crippen molar-refractivity contribution in [2.24, 2.45) is 5.92 Å². The number of halogens is 2. The quantitative estimate of drug-likeness (QED) is 0.145. The second-order valence-corrected chi connectivity index (χ2v) is 8.57. The number of hydrogen-bond acceptors (Lipinski definition) is 3. The minimum Gasteiger partial charge on any atom is -0.481 e. The Kier molecular flexibility index (Phi) is 17.9. The van der Waals surface area contributed by atoms with E-state index in [0.29, 0.717) is 54.0 Å². The van der Waals surface area contributed by atoms with Crippen LogP contribution in [0.5, 0.6) is 0 Å². The van der Waals surface area contributed by atoms with E-state index in [2.05, 4.69) is 30.0 Å². The molecule has 2 N–H and O–H groups in total. The Morgan fingerprint density at radius 3 is 2.47 bits per heavy atom. The Morgan fingerprint density at radius 1 is 1.24 bits per heavy atom. The van der Waals surface area contributed by atoms with E-state index in [0.717, 1.165) is 19.3 Å². The van der Waals surface area contributed by atoms with Crippen LogP contribution >= 0.6 is 0 Å². The van der Waals surface area contributed by atoms with Crippen LogP contribution in [0.15, 0.2) is 79.0 Å². The fraction of sp³-hybridized carbons (Fsp3) is 0.323. The largest absolute Gasteiger partial charge is 0.481 e. The number of carboxylic acid groups (broad SMARTS) is 1. The van der Waals surface area contributed by atoms with Crippen molar-refractivity contribution in [3.05, 3.63) is 96.2 Å². The molecular formula is C31H39F2N3O2. The van der Waals surface area contributed by atoms with Crippen molar-refractivity contribution >= 4 is 23.7 Å². The summed E-state index contributed by atoms with van der Waals surface area (Å²) in [7, 11) is 0. The van der Waals surface area contributed by atoms with Gasteiger partial charge in [0, 0.05) is 23.1 Å². The Balaban J connectivity index is 0.00000115. The van der Waals surface area contributed by atoms with Crippen LogP contribution in [0.25, 0.3) is 17.7 Å². The molecule has 1 aromatic heterocycles. The van der Waals surface area contributed by atoms with E-state index in [1.54, 1.807) is 19.1 Å². The van der Waals surface area contributed by atoms with Crippen LogP contribution in [0.2, 0.25) is 0 Å². The van der Waals surface area contributed by atoms with Crippen molar-refractivity contribution < 1.29 is 18.7 Å². The number of unbranched alkanes of at least 4 members (excludes halogenated alkanes) is 1. The number of allylic oxidation sites excluding steroid dienone is 10. The predicted molar refractivity (Wildman–Crippen MR) is 154 cm³/mol. The van der Waals surface area contributed by atoms with Crippen molar-refractivity contribution in [1.29, 1.82) is 5.26 Å². The van der Waals surface area contributed by atoms with E-state index in [-0.39, 0.29) is 17.0 Å². The molecule has 0 aromatic carbocycles. The minimum absolute atomic E-state index is 0.113. The highest BCUT2D eigenvalue weighted by atomic mass is 19.1. The van der Waals surface area contributed by atoms with Gasteiger partial charge in [0.2, 0.25) is 0 Å². The number of rotatable bonds is 14. The summed E-state index contributed by atoms with van der Waals surface area (Å²) in [6.07, 6.45) is 18.5. The maximum absolute atomic E-state index is 13.4. The summed E-state index contributed by atoms with van der Waals surface area (Å²) in [6, 6.07) is 2.01. The van der Waals surface area contributed by atoms with Gasteiger partial charge in [-0.25, -0.2) is 13.8 Å². The van der Waals surface area contributed by atoms with E-state index < -0.39 is 5.97 Å². The zero-order chi connectivity index (χ0) is 28.9. The van der Waals surface area contributed by atoms with E-state index in [4.69, 9.17) is 10.4 Å². The maximum atomic E-state index is 13.4. The Hall–Kier alpha value is -4.05. The molecule has 1 atom stereocenters. The van der Waals surface area contributed by atoms with Gasteiger partial charge in [-0.15, -0.1) is 0 Å². The highest BCUT2D eigenvalue weighted by Crippen LogP contribution is 2.21. The Morgan fingerprint density at radius 2 is 1.95 bits per heavy atom. The third-order valence-electron chi connectivity index (χ3n) is 5.21. The van der Waals surface area contributed by atoms with E-state index in [1.165, 1.54) is 18.2 Å². The lowest BCUT2D eigenvalue weighted by Gasteiger charge is -2.05. The van der Waals surface area contributed by atoms with Crippen molar-refractivity contribution in [1.82, 2.24) is 9.97 Å². The summed E-state index contributed by atoms with van der Waals surface area (Å²) in [6.45, 7) is 15.2. The van der Waals surface area contributed by atoms with Crippen molar-refractivity contribution in [3.8, 4) is 6.07 Å². The van der Waals surface area contributed by atoms with Crippen LogP contribution in [0.1, 0.15) is 77.0 Å². The number of nitriles is 1. The monoisotopic (exact) mass is 523 g/mol. The van der Waals surface area contributed by atoms with Crippen LogP contribution in [0.4, 0.5) is 8.78 Å². The van der Waals surface area contributed by atoms with Gasteiger partial charge in [-0.2, -0.15) is 5.26 Å². The maximum Gasteiger partial charge on any atom is 0.303 e. The summed E-state index contributed by atoms with van der Waals surface area (Å²) in [5, 5.41) is 17.3. The number of aromatic nitrogens is 2. The number of aromatic amines is 1. The molecule has 0 fully saturated rings. The number of carbonyl (C=O) groups is 1. The zero-order valence-corrected chi connectivity index (χ0v) is 22.8. The van der Waals surface area contributed by atoms with Crippen molar-refractivity contribution in [2.45, 2.75) is 59.8 Å². The first-order valence-electron chi connectivity index (χ1n) is 12.5. The highest BCUT2D eigenvalue weighted by Gasteiger charge is 2.10. The zero-order valence-electron chi connectivity index (χ0n) is 22.8. The second-order valence-electron chi connectivity index (χ2n) is 8.57. The number of imidazole rings is 1. The molecule has 0 aliphatic carbocycles. The Labute approximate surface area is 225 Å². The molecule has 0 aliphatic rings. The third-order valence-corrected chi connectivity index (χ3v) is 5.21. The highest BCUT2D eigenvalue weighted by molar-refractivity contribution is 5.73. The van der Waals surface area contributed by atoms with Gasteiger partial charge in [0.1, 0.15) is 5.82 Å². The average Bonchev–Trinajstić information content (AvgIpc) is 3.30. The van der Waals surface area contributed by atoms with Crippen LogP contribution < -0.4 is 0 Å². The fourth-order valence-corrected chi connectivity index (χ4v) is 3.09. The first kappa shape index (κ1) is 34.0. The van der Waals surface area contributed by atoms with Gasteiger partial charge in [0.05, 0.1) is 30.1 Å². The number of nitrogens with one attached hydrogen (secondary N) is 1. The average molecular weight is 524 g/mol. The van der Waals surface area contributed by atoms with Crippen LogP contribution in [-0.2, 0) is 4.79 Å². The van der Waals surface area contributed by atoms with E-state index in [9.17, 15) is 13.6 Å². The lowest BCUT2D eigenvalue weighted by atomic mass is 10.0. The molecule has 38 heavy (non-hydrogen) atoms. The Bertz CT molecular complexity index is 1140. The van der Waals surface area contributed by atoms with Crippen LogP contribution in [0.3, 0.4) is 0 Å². The minimum atomic E-state index is -0.677. The lowest BCUT2D eigenvalue weighted by Crippen LogP contribution is -2.03. The number of H-pyrrole nitrogens is 1. The number of carboxylic acids is 1. The summed E-state index contributed by atoms with van der Waals surface area (Å²) in [4.78, 5) is 17.4. The topological polar surface area (TPSA) is 89.8 Å². The molecular weight excluding hydrogens is 484 g/mol. The van der Waals surface area contributed by atoms with Gasteiger partial charge < -0.3 is 10.1 Å². The summed E-state index contributed by atoms with van der Waals surface area (Å²) >= 11 is 0. The smallest absolute Gasteiger partial charge is 0.303 e. The van der Waals surface area contributed by atoms with Crippen molar-refractivity contribution in [3.63, 3.8) is 0 Å². The summed E-state index contributed by atoms with van der Waals surface area (Å²) in [5.41, 5.74) is 2.27. The molecule has 1 rings (SSSR count). The predicted octanol–water partition coefficient (Wildman–Crippen LogP) is 9.07. The molecule has 5 nitrogen and oxygen atoms in total. The fourth-order valence-electron chi connectivity index (χ4n) is 3.09. The van der Waals surface area contributed by atoms with E-state index in [1.807, 2.05) is 38.1 Å². The summed E-state index contributed by atoms with van der Waals surface area (Å²) in [5.74, 6) is -0.0980. The molecule has 0 amide bonds. The molecule has 0 saturated carbocycles. The molecule has 0 bridgehead atoms. The van der Waals surface area contributed by atoms with Crippen LogP contribution in [0, 0.1) is 17.2 Å². The molecule has 204 valence electrons. The van der Waals surface area contributed by atoms with Crippen LogP contribution in [-0.4, -0.2) is 21.0 Å². The second kappa shape index (κ2) is 20.1. The number of aliphatic carboxylic acids is 1. The SMILES string of the molecule is C=Cc1nc(C(/C=C\C(=C\F)C(=C)C=CC/C=C\C)=C\F)[nH]c1/C=C(\C)C#N.CCCCC(C)CC(=O)O. The molecule has 1 unspecified atom stereocenters. The molecule has 0 saturated heterocycles. The van der Waals surface area contributed by atoms with Gasteiger partial charge >= 0.3 is 5.97 Å². The van der Waals surface area contributed by atoms with Gasteiger partial charge in [-0.05, 0) is 50.0 Å². The summed E-state index contributed by atoms with van der Waals surface area (Å²) < 4.78 is 26.7. The first-order valence-corrected chi connectivity index (χ1v) is 12.5. The van der Waals surface area contributed by atoms with Gasteiger partial charge in [0.25, 0.3) is 0 Å². The molecule has 0 spiro atoms. The molecule has 0 aliphatic heterocycles. The molecule has 7 heteroatoms.